The van der Waals surface area contributed by atoms with E-state index < -0.39 is 22.5 Å². The van der Waals surface area contributed by atoms with E-state index in [4.69, 9.17) is 16.3 Å². The lowest BCUT2D eigenvalue weighted by molar-refractivity contribution is -0.114. The predicted molar refractivity (Wildman–Crippen MR) is 144 cm³/mol. The van der Waals surface area contributed by atoms with Crippen LogP contribution in [0, 0.1) is 6.92 Å². The van der Waals surface area contributed by atoms with Crippen molar-refractivity contribution < 1.29 is 22.7 Å². The highest BCUT2D eigenvalue weighted by Crippen LogP contribution is 2.28. The first kappa shape index (κ1) is 26.7. The number of carbonyl (C=O) groups is 2. The van der Waals surface area contributed by atoms with Gasteiger partial charge in [-0.1, -0.05) is 48.0 Å². The summed E-state index contributed by atoms with van der Waals surface area (Å²) in [5, 5.41) is 5.92. The van der Waals surface area contributed by atoms with Crippen LogP contribution in [-0.2, 0) is 19.6 Å². The van der Waals surface area contributed by atoms with E-state index in [1.807, 2.05) is 0 Å². The zero-order valence-electron chi connectivity index (χ0n) is 20.3. The molecule has 0 aliphatic carbocycles. The summed E-state index contributed by atoms with van der Waals surface area (Å²) in [6, 6.07) is 19.2. The van der Waals surface area contributed by atoms with E-state index in [1.165, 1.54) is 18.2 Å². The third-order valence-electron chi connectivity index (χ3n) is 6.02. The van der Waals surface area contributed by atoms with Gasteiger partial charge < -0.3 is 15.4 Å². The summed E-state index contributed by atoms with van der Waals surface area (Å²) in [5.41, 5.74) is 1.56. The number of rotatable bonds is 9. The second kappa shape index (κ2) is 11.8. The smallest absolute Gasteiger partial charge is 0.264 e. The molecule has 1 saturated heterocycles. The van der Waals surface area contributed by atoms with Crippen LogP contribution in [-0.4, -0.2) is 46.0 Å². The molecule has 1 heterocycles. The van der Waals surface area contributed by atoms with Crippen molar-refractivity contribution in [2.24, 2.45) is 0 Å². The Morgan fingerprint density at radius 3 is 2.49 bits per heavy atom. The molecule has 0 radical (unpaired) electrons. The quantitative estimate of drug-likeness (QED) is 0.418. The minimum Gasteiger partial charge on any atom is -0.376 e. The summed E-state index contributed by atoms with van der Waals surface area (Å²) in [4.78, 5) is 26.0. The van der Waals surface area contributed by atoms with Crippen molar-refractivity contribution in [2.75, 3.05) is 29.3 Å². The fourth-order valence-corrected chi connectivity index (χ4v) is 5.60. The number of benzene rings is 3. The van der Waals surface area contributed by atoms with Gasteiger partial charge in [0.25, 0.3) is 15.9 Å². The molecule has 1 fully saturated rings. The molecular formula is C27H28ClN3O5S. The van der Waals surface area contributed by atoms with Crippen molar-refractivity contribution in [3.05, 3.63) is 88.9 Å². The van der Waals surface area contributed by atoms with E-state index in [0.717, 1.165) is 22.7 Å². The summed E-state index contributed by atoms with van der Waals surface area (Å²) >= 11 is 6.28. The zero-order chi connectivity index (χ0) is 26.4. The zero-order valence-corrected chi connectivity index (χ0v) is 21.9. The van der Waals surface area contributed by atoms with Crippen LogP contribution in [0.3, 0.4) is 0 Å². The Balaban J connectivity index is 1.56. The molecule has 0 saturated carbocycles. The molecule has 1 atom stereocenters. The molecular weight excluding hydrogens is 514 g/mol. The number of sulfonamides is 1. The van der Waals surface area contributed by atoms with Crippen LogP contribution in [0.15, 0.2) is 77.7 Å². The SMILES string of the molecule is Cc1ccc(N(CC(=O)Nc2ccccc2C(=O)NC[C@H]2CCCO2)S(=O)(=O)c2ccccc2)cc1Cl. The summed E-state index contributed by atoms with van der Waals surface area (Å²) < 4.78 is 33.6. The molecule has 0 aromatic heterocycles. The van der Waals surface area contributed by atoms with Crippen molar-refractivity contribution in [3.8, 4) is 0 Å². The minimum atomic E-state index is -4.09. The molecule has 1 aliphatic rings. The molecule has 4 rings (SSSR count). The topological polar surface area (TPSA) is 105 Å². The maximum absolute atomic E-state index is 13.5. The molecule has 37 heavy (non-hydrogen) atoms. The monoisotopic (exact) mass is 541 g/mol. The highest BCUT2D eigenvalue weighted by atomic mass is 35.5. The van der Waals surface area contributed by atoms with Crippen LogP contribution in [0.1, 0.15) is 28.8 Å². The number of hydrogen-bond donors (Lipinski definition) is 2. The van der Waals surface area contributed by atoms with E-state index in [9.17, 15) is 18.0 Å². The number of ether oxygens (including phenoxy) is 1. The van der Waals surface area contributed by atoms with Crippen LogP contribution in [0.2, 0.25) is 5.02 Å². The molecule has 3 aromatic carbocycles. The third-order valence-corrected chi connectivity index (χ3v) is 8.22. The number of para-hydroxylation sites is 1. The van der Waals surface area contributed by atoms with Crippen molar-refractivity contribution in [1.82, 2.24) is 5.32 Å². The summed E-state index contributed by atoms with van der Waals surface area (Å²) in [5.74, 6) is -0.971. The van der Waals surface area contributed by atoms with Gasteiger partial charge in [0.15, 0.2) is 0 Å². The van der Waals surface area contributed by atoms with Gasteiger partial charge in [-0.3, -0.25) is 13.9 Å². The molecule has 1 aliphatic heterocycles. The number of nitrogens with zero attached hydrogens (tertiary/aromatic N) is 1. The van der Waals surface area contributed by atoms with Crippen molar-refractivity contribution in [3.63, 3.8) is 0 Å². The Labute approximate surface area is 221 Å². The molecule has 3 aromatic rings. The number of nitrogens with one attached hydrogen (secondary N) is 2. The predicted octanol–water partition coefficient (Wildman–Crippen LogP) is 4.39. The van der Waals surface area contributed by atoms with Gasteiger partial charge in [-0.15, -0.1) is 0 Å². The molecule has 0 unspecified atom stereocenters. The Morgan fingerprint density at radius 2 is 1.78 bits per heavy atom. The lowest BCUT2D eigenvalue weighted by atomic mass is 10.1. The molecule has 194 valence electrons. The summed E-state index contributed by atoms with van der Waals surface area (Å²) in [7, 11) is -4.09. The summed E-state index contributed by atoms with van der Waals surface area (Å²) in [6.07, 6.45) is 1.82. The standard InChI is InChI=1S/C27H28ClN3O5S/c1-19-13-14-20(16-24(19)28)31(37(34,35)22-9-3-2-4-10-22)18-26(32)30-25-12-6-5-11-23(25)27(33)29-17-21-8-7-15-36-21/h2-6,9-14,16,21H,7-8,15,17-18H2,1H3,(H,29,33)(H,30,32)/t21-/m1/s1. The normalized spacial score (nSPS) is 15.2. The lowest BCUT2D eigenvalue weighted by Gasteiger charge is -2.25. The van der Waals surface area contributed by atoms with Gasteiger partial charge in [0.2, 0.25) is 5.91 Å². The molecule has 2 amide bonds. The number of anilines is 2. The number of carbonyl (C=O) groups excluding carboxylic acids is 2. The van der Waals surface area contributed by atoms with E-state index in [-0.39, 0.29) is 33.8 Å². The molecule has 2 N–H and O–H groups in total. The molecule has 0 spiro atoms. The third kappa shape index (κ3) is 6.49. The first-order valence-corrected chi connectivity index (χ1v) is 13.7. The first-order valence-electron chi connectivity index (χ1n) is 11.9. The average Bonchev–Trinajstić information content (AvgIpc) is 3.42. The highest BCUT2D eigenvalue weighted by Gasteiger charge is 2.28. The van der Waals surface area contributed by atoms with Gasteiger partial charge in [-0.25, -0.2) is 8.42 Å². The maximum Gasteiger partial charge on any atom is 0.264 e. The van der Waals surface area contributed by atoms with Gasteiger partial charge in [0.1, 0.15) is 6.54 Å². The van der Waals surface area contributed by atoms with E-state index >= 15 is 0 Å². The van der Waals surface area contributed by atoms with Crippen molar-refractivity contribution in [1.29, 1.82) is 0 Å². The number of hydrogen-bond acceptors (Lipinski definition) is 5. The second-order valence-corrected chi connectivity index (χ2v) is 11.0. The Bertz CT molecular complexity index is 1380. The average molecular weight is 542 g/mol. The molecule has 8 nitrogen and oxygen atoms in total. The van der Waals surface area contributed by atoms with Gasteiger partial charge in [-0.05, 0) is 61.7 Å². The van der Waals surface area contributed by atoms with Gasteiger partial charge in [-0.2, -0.15) is 0 Å². The first-order chi connectivity index (χ1) is 17.8. The largest absolute Gasteiger partial charge is 0.376 e. The Kier molecular flexibility index (Phi) is 8.48. The Hall–Kier alpha value is -3.40. The molecule has 10 heteroatoms. The number of aryl methyl sites for hydroxylation is 1. The van der Waals surface area contributed by atoms with Crippen LogP contribution < -0.4 is 14.9 Å². The molecule has 0 bridgehead atoms. The van der Waals surface area contributed by atoms with Gasteiger partial charge in [0, 0.05) is 18.2 Å². The van der Waals surface area contributed by atoms with Crippen LogP contribution in [0.4, 0.5) is 11.4 Å². The number of amides is 2. The number of halogens is 1. The Morgan fingerprint density at radius 1 is 1.05 bits per heavy atom. The van der Waals surface area contributed by atoms with Gasteiger partial charge in [0.05, 0.1) is 27.9 Å². The van der Waals surface area contributed by atoms with Gasteiger partial charge >= 0.3 is 0 Å². The fraction of sp³-hybridized carbons (Fsp3) is 0.259. The highest BCUT2D eigenvalue weighted by molar-refractivity contribution is 7.92. The van der Waals surface area contributed by atoms with Crippen LogP contribution >= 0.6 is 11.6 Å². The van der Waals surface area contributed by atoms with Crippen molar-refractivity contribution >= 4 is 44.8 Å². The lowest BCUT2D eigenvalue weighted by Crippen LogP contribution is -2.38. The van der Waals surface area contributed by atoms with E-state index in [0.29, 0.717) is 18.2 Å². The minimum absolute atomic E-state index is 0.0243. The van der Waals surface area contributed by atoms with E-state index in [2.05, 4.69) is 10.6 Å². The second-order valence-electron chi connectivity index (χ2n) is 8.70. The maximum atomic E-state index is 13.5. The van der Waals surface area contributed by atoms with Crippen LogP contribution in [0.5, 0.6) is 0 Å². The fourth-order valence-electron chi connectivity index (χ4n) is 3.99. The van der Waals surface area contributed by atoms with Crippen LogP contribution in [0.25, 0.3) is 0 Å². The summed E-state index contributed by atoms with van der Waals surface area (Å²) in [6.45, 7) is 2.33. The van der Waals surface area contributed by atoms with E-state index in [1.54, 1.807) is 61.5 Å². The van der Waals surface area contributed by atoms with Crippen molar-refractivity contribution in [2.45, 2.75) is 30.8 Å².